The quantitative estimate of drug-likeness (QED) is 0.275. The first-order chi connectivity index (χ1) is 16.0. The molecule has 1 amide bonds. The van der Waals surface area contributed by atoms with Crippen molar-refractivity contribution in [2.75, 3.05) is 13.2 Å². The molecule has 0 heterocycles. The molecular weight excluding hydrogens is 423 g/mol. The number of benzene rings is 3. The number of nitrogens with zero attached hydrogens (tertiary/aromatic N) is 1. The molecule has 4 rings (SSSR count). The predicted molar refractivity (Wildman–Crippen MR) is 125 cm³/mol. The van der Waals surface area contributed by atoms with Crippen molar-refractivity contribution in [1.82, 2.24) is 5.32 Å². The van der Waals surface area contributed by atoms with Crippen LogP contribution in [-0.2, 0) is 4.74 Å². The Kier molecular flexibility index (Phi) is 6.49. The summed E-state index contributed by atoms with van der Waals surface area (Å²) in [5.74, 6) is -0.870. The zero-order valence-corrected chi connectivity index (χ0v) is 18.1. The second-order valence-corrected chi connectivity index (χ2v) is 7.86. The maximum absolute atomic E-state index is 13.8. The number of carbonyl (C=O) groups excluding carboxylic acids is 1. The lowest BCUT2D eigenvalue weighted by Crippen LogP contribution is -2.26. The molecule has 1 N–H and O–H groups in total. The van der Waals surface area contributed by atoms with E-state index in [-0.39, 0.29) is 12.5 Å². The molecule has 0 unspecified atom stereocenters. The first-order valence-electron chi connectivity index (χ1n) is 10.7. The van der Waals surface area contributed by atoms with Crippen LogP contribution < -0.4 is 5.32 Å². The third-order valence-corrected chi connectivity index (χ3v) is 5.75. The molecule has 3 aromatic rings. The fourth-order valence-corrected chi connectivity index (χ4v) is 4.12. The lowest BCUT2D eigenvalue weighted by atomic mass is 9.98. The molecule has 0 saturated heterocycles. The van der Waals surface area contributed by atoms with E-state index in [2.05, 4.69) is 29.6 Å². The zero-order chi connectivity index (χ0) is 23.4. The second-order valence-electron chi connectivity index (χ2n) is 7.86. The summed E-state index contributed by atoms with van der Waals surface area (Å²) in [6.07, 6.45) is 3.46. The highest BCUT2D eigenvalue weighted by molar-refractivity contribution is 5.79. The van der Waals surface area contributed by atoms with Crippen LogP contribution >= 0.6 is 0 Å². The van der Waals surface area contributed by atoms with Crippen LogP contribution in [0.25, 0.3) is 17.2 Å². The number of halogens is 1. The normalized spacial score (nSPS) is 12.4. The van der Waals surface area contributed by atoms with Gasteiger partial charge < -0.3 is 10.1 Å². The number of carbonyl (C=O) groups is 1. The smallest absolute Gasteiger partial charge is 0.407 e. The van der Waals surface area contributed by atoms with Gasteiger partial charge in [-0.2, -0.15) is 4.39 Å². The summed E-state index contributed by atoms with van der Waals surface area (Å²) in [7, 11) is 0. The van der Waals surface area contributed by atoms with Gasteiger partial charge in [-0.25, -0.2) is 4.79 Å². The number of hydrogen-bond acceptors (Lipinski definition) is 4. The molecule has 1 aliphatic rings. The lowest BCUT2D eigenvalue weighted by molar-refractivity contribution is -0.387. The number of rotatable bonds is 7. The summed E-state index contributed by atoms with van der Waals surface area (Å²) in [4.78, 5) is 22.2. The SMILES string of the molecule is Cc1cc([N+](=O)[O-])c(F)cc1C=CCCNC(=O)OCC1c2ccccc2-c2ccccc21. The van der Waals surface area contributed by atoms with Crippen LogP contribution in [0.5, 0.6) is 0 Å². The number of nitro benzene ring substituents is 1. The van der Waals surface area contributed by atoms with Gasteiger partial charge in [0.15, 0.2) is 0 Å². The number of alkyl carbamates (subject to hydrolysis) is 1. The van der Waals surface area contributed by atoms with Crippen LogP contribution in [0.2, 0.25) is 0 Å². The summed E-state index contributed by atoms with van der Waals surface area (Å²) in [5, 5.41) is 13.5. The molecule has 0 aromatic heterocycles. The Morgan fingerprint density at radius 1 is 1.12 bits per heavy atom. The highest BCUT2D eigenvalue weighted by Crippen LogP contribution is 2.44. The van der Waals surface area contributed by atoms with E-state index in [9.17, 15) is 19.3 Å². The molecule has 0 radical (unpaired) electrons. The first-order valence-corrected chi connectivity index (χ1v) is 10.7. The number of hydrogen-bond donors (Lipinski definition) is 1. The van der Waals surface area contributed by atoms with E-state index in [0.717, 1.165) is 17.2 Å². The monoisotopic (exact) mass is 446 g/mol. The van der Waals surface area contributed by atoms with Crippen molar-refractivity contribution >= 4 is 17.9 Å². The minimum absolute atomic E-state index is 0.00283. The molecular formula is C26H23FN2O4. The maximum atomic E-state index is 13.8. The number of fused-ring (bicyclic) bond motifs is 3. The Morgan fingerprint density at radius 2 is 1.76 bits per heavy atom. The Morgan fingerprint density at radius 3 is 2.39 bits per heavy atom. The van der Waals surface area contributed by atoms with E-state index < -0.39 is 22.5 Å². The van der Waals surface area contributed by atoms with Crippen molar-refractivity contribution in [3.8, 4) is 11.1 Å². The minimum atomic E-state index is -0.873. The lowest BCUT2D eigenvalue weighted by Gasteiger charge is -2.14. The number of aryl methyl sites for hydroxylation is 1. The third-order valence-electron chi connectivity index (χ3n) is 5.75. The molecule has 168 valence electrons. The van der Waals surface area contributed by atoms with Crippen molar-refractivity contribution in [1.29, 1.82) is 0 Å². The molecule has 6 nitrogen and oxygen atoms in total. The van der Waals surface area contributed by atoms with Crippen molar-refractivity contribution < 1.29 is 18.8 Å². The average Bonchev–Trinajstić information content (AvgIpc) is 3.13. The van der Waals surface area contributed by atoms with Gasteiger partial charge in [-0.1, -0.05) is 60.7 Å². The largest absolute Gasteiger partial charge is 0.449 e. The van der Waals surface area contributed by atoms with Crippen molar-refractivity contribution in [2.45, 2.75) is 19.3 Å². The van der Waals surface area contributed by atoms with E-state index in [4.69, 9.17) is 4.74 Å². The van der Waals surface area contributed by atoms with Crippen molar-refractivity contribution in [3.63, 3.8) is 0 Å². The first kappa shape index (κ1) is 22.2. The molecule has 0 saturated carbocycles. The molecule has 0 bridgehead atoms. The van der Waals surface area contributed by atoms with Gasteiger partial charge in [-0.05, 0) is 52.8 Å². The fourth-order valence-electron chi connectivity index (χ4n) is 4.12. The molecule has 0 spiro atoms. The van der Waals surface area contributed by atoms with Crippen LogP contribution in [0.4, 0.5) is 14.9 Å². The predicted octanol–water partition coefficient (Wildman–Crippen LogP) is 5.98. The third kappa shape index (κ3) is 4.77. The van der Waals surface area contributed by atoms with Gasteiger partial charge in [-0.15, -0.1) is 0 Å². The summed E-state index contributed by atoms with van der Waals surface area (Å²) < 4.78 is 19.3. The summed E-state index contributed by atoms with van der Waals surface area (Å²) in [6, 6.07) is 18.6. The Bertz CT molecular complexity index is 1190. The van der Waals surface area contributed by atoms with Gasteiger partial charge in [0.1, 0.15) is 6.61 Å². The van der Waals surface area contributed by atoms with Crippen LogP contribution in [-0.4, -0.2) is 24.2 Å². The van der Waals surface area contributed by atoms with Crippen LogP contribution in [0.3, 0.4) is 0 Å². The van der Waals surface area contributed by atoms with E-state index in [1.54, 1.807) is 19.1 Å². The number of nitrogens with one attached hydrogen (secondary N) is 1. The van der Waals surface area contributed by atoms with E-state index in [0.29, 0.717) is 24.1 Å². The molecule has 7 heteroatoms. The highest BCUT2D eigenvalue weighted by Gasteiger charge is 2.28. The summed E-state index contributed by atoms with van der Waals surface area (Å²) >= 11 is 0. The maximum Gasteiger partial charge on any atom is 0.407 e. The van der Waals surface area contributed by atoms with Crippen LogP contribution in [0, 0.1) is 22.9 Å². The number of ether oxygens (including phenoxy) is 1. The highest BCUT2D eigenvalue weighted by atomic mass is 19.1. The van der Waals surface area contributed by atoms with Gasteiger partial charge >= 0.3 is 11.8 Å². The molecule has 0 atom stereocenters. The van der Waals surface area contributed by atoms with Crippen LogP contribution in [0.15, 0.2) is 66.7 Å². The molecule has 0 aliphatic heterocycles. The van der Waals surface area contributed by atoms with Gasteiger partial charge in [0.2, 0.25) is 5.82 Å². The average molecular weight is 446 g/mol. The molecule has 3 aromatic carbocycles. The molecule has 0 fully saturated rings. The van der Waals surface area contributed by atoms with Gasteiger partial charge in [0.05, 0.1) is 4.92 Å². The van der Waals surface area contributed by atoms with E-state index in [1.165, 1.54) is 17.2 Å². The standard InChI is InChI=1S/C26H23FN2O4/c1-17-14-25(29(31)32)24(27)15-18(17)8-6-7-13-28-26(30)33-16-23-21-11-4-2-9-19(21)20-10-3-5-12-22(20)23/h2-6,8-12,14-15,23H,7,13,16H2,1H3,(H,28,30). The Balaban J connectivity index is 1.28. The summed E-state index contributed by atoms with van der Waals surface area (Å²) in [6.45, 7) is 2.28. The van der Waals surface area contributed by atoms with Gasteiger partial charge in [0.25, 0.3) is 0 Å². The molecule has 33 heavy (non-hydrogen) atoms. The number of nitro groups is 1. The topological polar surface area (TPSA) is 81.5 Å². The Labute approximate surface area is 190 Å². The van der Waals surface area contributed by atoms with Gasteiger partial charge in [-0.3, -0.25) is 10.1 Å². The van der Waals surface area contributed by atoms with Crippen LogP contribution in [0.1, 0.15) is 34.6 Å². The van der Waals surface area contributed by atoms with Gasteiger partial charge in [0, 0.05) is 18.5 Å². The van der Waals surface area contributed by atoms with E-state index >= 15 is 0 Å². The molecule has 1 aliphatic carbocycles. The second kappa shape index (κ2) is 9.65. The number of amides is 1. The Hall–Kier alpha value is -4.00. The zero-order valence-electron chi connectivity index (χ0n) is 18.1. The van der Waals surface area contributed by atoms with Crippen molar-refractivity contribution in [2.24, 2.45) is 0 Å². The van der Waals surface area contributed by atoms with E-state index in [1.807, 2.05) is 24.3 Å². The minimum Gasteiger partial charge on any atom is -0.449 e. The fraction of sp³-hybridized carbons (Fsp3) is 0.192. The summed E-state index contributed by atoms with van der Waals surface area (Å²) in [5.41, 5.74) is 5.26. The van der Waals surface area contributed by atoms with Crippen molar-refractivity contribution in [3.05, 3.63) is 105 Å².